The maximum Gasteiger partial charge on any atom is 0.170 e. The summed E-state index contributed by atoms with van der Waals surface area (Å²) in [5, 5.41) is 0. The minimum atomic E-state index is -0.238. The van der Waals surface area contributed by atoms with Crippen LogP contribution in [0, 0.1) is 0 Å². The van der Waals surface area contributed by atoms with Gasteiger partial charge in [0.25, 0.3) is 0 Å². The lowest BCUT2D eigenvalue weighted by molar-refractivity contribution is -0.116. The second kappa shape index (κ2) is 2.37. The summed E-state index contributed by atoms with van der Waals surface area (Å²) in [5.41, 5.74) is 0. The van der Waals surface area contributed by atoms with E-state index in [0.29, 0.717) is 0 Å². The number of thioether (sulfide) groups is 1. The molecule has 0 unspecified atom stereocenters. The fourth-order valence-electron chi connectivity index (χ4n) is 1.22. The third kappa shape index (κ3) is 1.86. The van der Waals surface area contributed by atoms with E-state index in [-0.39, 0.29) is 15.3 Å². The highest BCUT2D eigenvalue weighted by molar-refractivity contribution is 8.02. The van der Waals surface area contributed by atoms with Crippen molar-refractivity contribution in [2.24, 2.45) is 0 Å². The standard InChI is InChI=1S/C9H14OS/c1-8(2)6-5-7(10)9(3,4)11-8/h5-6H,1-4H3. The molecule has 1 rings (SSSR count). The molecule has 0 aliphatic carbocycles. The zero-order valence-electron chi connectivity index (χ0n) is 7.47. The summed E-state index contributed by atoms with van der Waals surface area (Å²) in [5.74, 6) is 0.224. The molecule has 0 aromatic rings. The average molecular weight is 170 g/mol. The molecule has 2 heteroatoms. The smallest absolute Gasteiger partial charge is 0.170 e. The van der Waals surface area contributed by atoms with Crippen LogP contribution in [0.15, 0.2) is 12.2 Å². The van der Waals surface area contributed by atoms with Gasteiger partial charge >= 0.3 is 0 Å². The first-order valence-electron chi connectivity index (χ1n) is 3.77. The summed E-state index contributed by atoms with van der Waals surface area (Å²) in [6, 6.07) is 0. The Kier molecular flexibility index (Phi) is 1.91. The van der Waals surface area contributed by atoms with E-state index in [1.54, 1.807) is 17.8 Å². The Balaban J connectivity index is 2.94. The minimum Gasteiger partial charge on any atom is -0.293 e. The van der Waals surface area contributed by atoms with Crippen LogP contribution in [0.4, 0.5) is 0 Å². The van der Waals surface area contributed by atoms with Crippen molar-refractivity contribution in [1.29, 1.82) is 0 Å². The van der Waals surface area contributed by atoms with Gasteiger partial charge in [0.05, 0.1) is 4.75 Å². The van der Waals surface area contributed by atoms with Crippen molar-refractivity contribution in [3.63, 3.8) is 0 Å². The Morgan fingerprint density at radius 1 is 1.27 bits per heavy atom. The van der Waals surface area contributed by atoms with E-state index < -0.39 is 0 Å². The zero-order chi connectivity index (χ0) is 8.70. The van der Waals surface area contributed by atoms with Gasteiger partial charge in [-0.2, -0.15) is 0 Å². The fourth-order valence-corrected chi connectivity index (χ4v) is 2.84. The Hall–Kier alpha value is -0.240. The molecule has 0 saturated carbocycles. The lowest BCUT2D eigenvalue weighted by atomic mass is 10.0. The molecule has 0 amide bonds. The van der Waals surface area contributed by atoms with Crippen molar-refractivity contribution < 1.29 is 4.79 Å². The van der Waals surface area contributed by atoms with E-state index in [1.807, 2.05) is 19.9 Å². The van der Waals surface area contributed by atoms with Gasteiger partial charge in [-0.05, 0) is 33.8 Å². The average Bonchev–Trinajstić information content (AvgIpc) is 1.77. The Labute approximate surface area is 72.2 Å². The van der Waals surface area contributed by atoms with Gasteiger partial charge in [-0.15, -0.1) is 11.8 Å². The fraction of sp³-hybridized carbons (Fsp3) is 0.667. The number of hydrogen-bond donors (Lipinski definition) is 0. The molecule has 11 heavy (non-hydrogen) atoms. The van der Waals surface area contributed by atoms with Crippen LogP contribution in [-0.4, -0.2) is 15.3 Å². The number of ketones is 1. The molecule has 0 spiro atoms. The van der Waals surface area contributed by atoms with Crippen molar-refractivity contribution in [3.8, 4) is 0 Å². The molecule has 0 N–H and O–H groups in total. The number of carbonyl (C=O) groups excluding carboxylic acids is 1. The summed E-state index contributed by atoms with van der Waals surface area (Å²) in [6.07, 6.45) is 3.68. The highest BCUT2D eigenvalue weighted by Gasteiger charge is 2.36. The normalized spacial score (nSPS) is 27.1. The SMILES string of the molecule is CC1(C)C=CC(=O)C(C)(C)S1. The lowest BCUT2D eigenvalue weighted by Crippen LogP contribution is -2.35. The van der Waals surface area contributed by atoms with E-state index in [1.165, 1.54) is 0 Å². The molecule has 0 radical (unpaired) electrons. The second-order valence-corrected chi connectivity index (χ2v) is 6.19. The molecule has 0 aromatic carbocycles. The van der Waals surface area contributed by atoms with Gasteiger partial charge in [0, 0.05) is 4.75 Å². The first kappa shape index (κ1) is 8.85. The van der Waals surface area contributed by atoms with Crippen LogP contribution in [0.2, 0.25) is 0 Å². The Bertz CT molecular complexity index is 214. The minimum absolute atomic E-state index is 0.109. The molecule has 0 atom stereocenters. The van der Waals surface area contributed by atoms with E-state index >= 15 is 0 Å². The van der Waals surface area contributed by atoms with Gasteiger partial charge in [0.15, 0.2) is 5.78 Å². The number of carbonyl (C=O) groups is 1. The number of allylic oxidation sites excluding steroid dienone is 1. The summed E-state index contributed by atoms with van der Waals surface area (Å²) in [6.45, 7) is 8.21. The molecule has 1 nitrogen and oxygen atoms in total. The van der Waals surface area contributed by atoms with Crippen LogP contribution in [0.1, 0.15) is 27.7 Å². The highest BCUT2D eigenvalue weighted by Crippen LogP contribution is 2.41. The molecule has 1 aliphatic rings. The van der Waals surface area contributed by atoms with Crippen LogP contribution in [0.25, 0.3) is 0 Å². The van der Waals surface area contributed by atoms with Crippen molar-refractivity contribution in [2.75, 3.05) is 0 Å². The van der Waals surface area contributed by atoms with E-state index in [0.717, 1.165) is 0 Å². The molecule has 0 bridgehead atoms. The summed E-state index contributed by atoms with van der Waals surface area (Å²) in [4.78, 5) is 11.3. The maximum atomic E-state index is 11.3. The molecular weight excluding hydrogens is 156 g/mol. The van der Waals surface area contributed by atoms with Gasteiger partial charge in [0.1, 0.15) is 0 Å². The maximum absolute atomic E-state index is 11.3. The van der Waals surface area contributed by atoms with Gasteiger partial charge < -0.3 is 0 Å². The van der Waals surface area contributed by atoms with Crippen LogP contribution < -0.4 is 0 Å². The van der Waals surface area contributed by atoms with E-state index in [9.17, 15) is 4.79 Å². The molecule has 1 aliphatic heterocycles. The summed E-state index contributed by atoms with van der Waals surface area (Å²) in [7, 11) is 0. The van der Waals surface area contributed by atoms with Crippen molar-refractivity contribution in [3.05, 3.63) is 12.2 Å². The van der Waals surface area contributed by atoms with Gasteiger partial charge in [0.2, 0.25) is 0 Å². The third-order valence-electron chi connectivity index (χ3n) is 1.75. The predicted molar refractivity (Wildman–Crippen MR) is 49.9 cm³/mol. The summed E-state index contributed by atoms with van der Waals surface area (Å²) < 4.78 is -0.129. The van der Waals surface area contributed by atoms with E-state index in [2.05, 4.69) is 13.8 Å². The quantitative estimate of drug-likeness (QED) is 0.555. The van der Waals surface area contributed by atoms with Crippen molar-refractivity contribution in [2.45, 2.75) is 37.2 Å². The topological polar surface area (TPSA) is 17.1 Å². The molecule has 0 saturated heterocycles. The van der Waals surface area contributed by atoms with Crippen LogP contribution in [-0.2, 0) is 4.79 Å². The lowest BCUT2D eigenvalue weighted by Gasteiger charge is -2.34. The van der Waals surface area contributed by atoms with Crippen LogP contribution >= 0.6 is 11.8 Å². The molecule has 1 heterocycles. The molecular formula is C9H14OS. The molecule has 0 aromatic heterocycles. The third-order valence-corrected chi connectivity index (χ3v) is 3.12. The zero-order valence-corrected chi connectivity index (χ0v) is 8.29. The predicted octanol–water partition coefficient (Wildman–Crippen LogP) is 2.42. The van der Waals surface area contributed by atoms with Crippen molar-refractivity contribution >= 4 is 17.5 Å². The summed E-state index contributed by atoms with van der Waals surface area (Å²) >= 11 is 1.72. The molecule has 0 fully saturated rings. The highest BCUT2D eigenvalue weighted by atomic mass is 32.2. The van der Waals surface area contributed by atoms with Gasteiger partial charge in [-0.25, -0.2) is 0 Å². The van der Waals surface area contributed by atoms with Gasteiger partial charge in [-0.1, -0.05) is 6.08 Å². The Morgan fingerprint density at radius 2 is 1.82 bits per heavy atom. The van der Waals surface area contributed by atoms with Crippen LogP contribution in [0.3, 0.4) is 0 Å². The Morgan fingerprint density at radius 3 is 2.18 bits per heavy atom. The van der Waals surface area contributed by atoms with Crippen molar-refractivity contribution in [1.82, 2.24) is 0 Å². The monoisotopic (exact) mass is 170 g/mol. The number of hydrogen-bond acceptors (Lipinski definition) is 2. The van der Waals surface area contributed by atoms with Crippen LogP contribution in [0.5, 0.6) is 0 Å². The molecule has 62 valence electrons. The number of rotatable bonds is 0. The first-order valence-corrected chi connectivity index (χ1v) is 4.59. The largest absolute Gasteiger partial charge is 0.293 e. The second-order valence-electron chi connectivity index (χ2n) is 3.91. The van der Waals surface area contributed by atoms with E-state index in [4.69, 9.17) is 0 Å². The van der Waals surface area contributed by atoms with Gasteiger partial charge in [-0.3, -0.25) is 4.79 Å². The first-order chi connectivity index (χ1) is 4.83.